The van der Waals surface area contributed by atoms with Crippen LogP contribution < -0.4 is 15.8 Å². The lowest BCUT2D eigenvalue weighted by Crippen LogP contribution is -2.31. The summed E-state index contributed by atoms with van der Waals surface area (Å²) in [5.41, 5.74) is 6.38. The highest BCUT2D eigenvalue weighted by Gasteiger charge is 2.09. The highest BCUT2D eigenvalue weighted by molar-refractivity contribution is 5.66. The van der Waals surface area contributed by atoms with Crippen LogP contribution in [0.2, 0.25) is 0 Å². The zero-order valence-corrected chi connectivity index (χ0v) is 11.6. The summed E-state index contributed by atoms with van der Waals surface area (Å²) in [6.45, 7) is 8.45. The van der Waals surface area contributed by atoms with Crippen molar-refractivity contribution >= 4 is 11.5 Å². The van der Waals surface area contributed by atoms with Crippen LogP contribution in [0.1, 0.15) is 20.8 Å². The van der Waals surface area contributed by atoms with Crippen LogP contribution in [0, 0.1) is 0 Å². The molecule has 0 spiro atoms. The molecular weight excluding hydrogens is 230 g/mol. The lowest BCUT2D eigenvalue weighted by atomic mass is 10.3. The first kappa shape index (κ1) is 14.5. The Morgan fingerprint density at radius 1 is 1.44 bits per heavy atom. The highest BCUT2D eigenvalue weighted by atomic mass is 16.5. The summed E-state index contributed by atoms with van der Waals surface area (Å²) in [4.78, 5) is 10.4. The summed E-state index contributed by atoms with van der Waals surface area (Å²) in [5, 5.41) is 3.20. The molecule has 0 atom stereocenters. The molecule has 1 heterocycles. The van der Waals surface area contributed by atoms with Crippen molar-refractivity contribution in [3.8, 4) is 5.88 Å². The van der Waals surface area contributed by atoms with Gasteiger partial charge >= 0.3 is 0 Å². The molecular formula is C12H23N5O. The minimum atomic E-state index is 0.437. The molecule has 102 valence electrons. The van der Waals surface area contributed by atoms with E-state index in [9.17, 15) is 0 Å². The van der Waals surface area contributed by atoms with Gasteiger partial charge < -0.3 is 20.7 Å². The van der Waals surface area contributed by atoms with Crippen molar-refractivity contribution in [2.75, 3.05) is 37.8 Å². The van der Waals surface area contributed by atoms with Crippen LogP contribution in [0.3, 0.4) is 0 Å². The summed E-state index contributed by atoms with van der Waals surface area (Å²) in [6.07, 6.45) is 1.45. The Bertz CT molecular complexity index is 369. The number of nitrogens with two attached hydrogens (primary N) is 1. The third-order valence-corrected chi connectivity index (χ3v) is 2.77. The average molecular weight is 253 g/mol. The van der Waals surface area contributed by atoms with Gasteiger partial charge in [-0.15, -0.1) is 0 Å². The molecule has 1 rings (SSSR count). The molecule has 0 saturated heterocycles. The molecule has 1 aromatic heterocycles. The molecule has 0 aromatic carbocycles. The second-order valence-electron chi connectivity index (χ2n) is 4.38. The molecule has 18 heavy (non-hydrogen) atoms. The van der Waals surface area contributed by atoms with Gasteiger partial charge in [-0.2, -0.15) is 4.98 Å². The molecule has 0 saturated carbocycles. The van der Waals surface area contributed by atoms with Gasteiger partial charge in [0.1, 0.15) is 12.0 Å². The molecule has 3 N–H and O–H groups in total. The van der Waals surface area contributed by atoms with Crippen LogP contribution in [0.4, 0.5) is 11.5 Å². The van der Waals surface area contributed by atoms with Crippen molar-refractivity contribution in [1.29, 1.82) is 0 Å². The lowest BCUT2D eigenvalue weighted by molar-refractivity contribution is 0.284. The Balaban J connectivity index is 2.54. The quantitative estimate of drug-likeness (QED) is 0.760. The van der Waals surface area contributed by atoms with Crippen molar-refractivity contribution in [1.82, 2.24) is 14.9 Å². The van der Waals surface area contributed by atoms with Crippen LogP contribution >= 0.6 is 0 Å². The van der Waals surface area contributed by atoms with E-state index in [2.05, 4.69) is 41.1 Å². The Labute approximate surface area is 109 Å². The van der Waals surface area contributed by atoms with Gasteiger partial charge in [0.25, 0.3) is 0 Å². The highest BCUT2D eigenvalue weighted by Crippen LogP contribution is 2.24. The zero-order valence-electron chi connectivity index (χ0n) is 11.6. The van der Waals surface area contributed by atoms with Crippen molar-refractivity contribution < 1.29 is 4.74 Å². The summed E-state index contributed by atoms with van der Waals surface area (Å²) in [5.74, 6) is 1.07. The molecule has 0 radical (unpaired) electrons. The predicted molar refractivity (Wildman–Crippen MR) is 73.9 cm³/mol. The third kappa shape index (κ3) is 4.03. The van der Waals surface area contributed by atoms with E-state index in [-0.39, 0.29) is 0 Å². The summed E-state index contributed by atoms with van der Waals surface area (Å²) >= 11 is 0. The fraction of sp³-hybridized carbons (Fsp3) is 0.667. The largest absolute Gasteiger partial charge is 0.476 e. The maximum atomic E-state index is 5.92. The standard InChI is InChI=1S/C12H23N5O/c1-5-18-12-10(13)11(15-8-16-12)14-6-7-17(4)9(2)3/h8-9H,5-7,13H2,1-4H3,(H,14,15,16). The Morgan fingerprint density at radius 3 is 2.78 bits per heavy atom. The van der Waals surface area contributed by atoms with E-state index < -0.39 is 0 Å². The smallest absolute Gasteiger partial charge is 0.242 e. The monoisotopic (exact) mass is 253 g/mol. The van der Waals surface area contributed by atoms with Crippen molar-refractivity contribution in [2.45, 2.75) is 26.8 Å². The van der Waals surface area contributed by atoms with E-state index in [4.69, 9.17) is 10.5 Å². The van der Waals surface area contributed by atoms with Gasteiger partial charge in [-0.1, -0.05) is 0 Å². The van der Waals surface area contributed by atoms with Crippen molar-refractivity contribution in [3.63, 3.8) is 0 Å². The van der Waals surface area contributed by atoms with Gasteiger partial charge in [0.2, 0.25) is 5.88 Å². The third-order valence-electron chi connectivity index (χ3n) is 2.77. The van der Waals surface area contributed by atoms with E-state index in [0.29, 0.717) is 30.0 Å². The van der Waals surface area contributed by atoms with E-state index in [0.717, 1.165) is 13.1 Å². The van der Waals surface area contributed by atoms with Gasteiger partial charge in [-0.05, 0) is 27.8 Å². The molecule has 1 aromatic rings. The predicted octanol–water partition coefficient (Wildman–Crippen LogP) is 1.21. The first-order chi connectivity index (χ1) is 8.56. The Morgan fingerprint density at radius 2 is 2.17 bits per heavy atom. The van der Waals surface area contributed by atoms with Gasteiger partial charge in [0, 0.05) is 19.1 Å². The van der Waals surface area contributed by atoms with Crippen LogP contribution in [-0.4, -0.2) is 47.7 Å². The molecule has 0 aliphatic rings. The number of nitrogen functional groups attached to an aromatic ring is 1. The zero-order chi connectivity index (χ0) is 13.5. The molecule has 6 heteroatoms. The second kappa shape index (κ2) is 7.00. The van der Waals surface area contributed by atoms with Gasteiger partial charge in [0.05, 0.1) is 6.61 Å². The first-order valence-corrected chi connectivity index (χ1v) is 6.23. The maximum absolute atomic E-state index is 5.92. The normalized spacial score (nSPS) is 11.0. The fourth-order valence-corrected chi connectivity index (χ4v) is 1.38. The molecule has 0 bridgehead atoms. The van der Waals surface area contributed by atoms with Crippen molar-refractivity contribution in [3.05, 3.63) is 6.33 Å². The van der Waals surface area contributed by atoms with Crippen LogP contribution in [0.5, 0.6) is 5.88 Å². The number of hydrogen-bond acceptors (Lipinski definition) is 6. The van der Waals surface area contributed by atoms with Crippen molar-refractivity contribution in [2.24, 2.45) is 0 Å². The molecule has 0 amide bonds. The van der Waals surface area contributed by atoms with Crippen LogP contribution in [0.15, 0.2) is 6.33 Å². The van der Waals surface area contributed by atoms with Gasteiger partial charge in [-0.25, -0.2) is 4.98 Å². The number of nitrogens with zero attached hydrogens (tertiary/aromatic N) is 3. The van der Waals surface area contributed by atoms with Gasteiger partial charge in [0.15, 0.2) is 5.82 Å². The molecule has 0 unspecified atom stereocenters. The number of likely N-dealkylation sites (N-methyl/N-ethyl adjacent to an activating group) is 1. The van der Waals surface area contributed by atoms with Crippen LogP contribution in [-0.2, 0) is 0 Å². The fourth-order valence-electron chi connectivity index (χ4n) is 1.38. The molecule has 6 nitrogen and oxygen atoms in total. The molecule has 0 aliphatic heterocycles. The minimum absolute atomic E-state index is 0.437. The van der Waals surface area contributed by atoms with Crippen LogP contribution in [0.25, 0.3) is 0 Å². The number of aromatic nitrogens is 2. The Hall–Kier alpha value is -1.56. The number of rotatable bonds is 7. The SMILES string of the molecule is CCOc1ncnc(NCCN(C)C(C)C)c1N. The second-order valence-corrected chi connectivity index (χ2v) is 4.38. The molecule has 0 fully saturated rings. The average Bonchev–Trinajstić information content (AvgIpc) is 2.33. The van der Waals surface area contributed by atoms with E-state index >= 15 is 0 Å². The Kier molecular flexibility index (Phi) is 5.64. The van der Waals surface area contributed by atoms with E-state index in [1.807, 2.05) is 6.92 Å². The summed E-state index contributed by atoms with van der Waals surface area (Å²) < 4.78 is 5.32. The first-order valence-electron chi connectivity index (χ1n) is 6.23. The number of anilines is 2. The molecule has 0 aliphatic carbocycles. The van der Waals surface area contributed by atoms with E-state index in [1.54, 1.807) is 0 Å². The lowest BCUT2D eigenvalue weighted by Gasteiger charge is -2.21. The number of hydrogen-bond donors (Lipinski definition) is 2. The minimum Gasteiger partial charge on any atom is -0.476 e. The summed E-state index contributed by atoms with van der Waals surface area (Å²) in [6, 6.07) is 0.522. The van der Waals surface area contributed by atoms with Gasteiger partial charge in [-0.3, -0.25) is 0 Å². The number of ether oxygens (including phenoxy) is 1. The number of nitrogens with one attached hydrogen (secondary N) is 1. The van der Waals surface area contributed by atoms with E-state index in [1.165, 1.54) is 6.33 Å². The summed E-state index contributed by atoms with van der Waals surface area (Å²) in [7, 11) is 2.08. The maximum Gasteiger partial charge on any atom is 0.242 e. The topological polar surface area (TPSA) is 76.3 Å².